The van der Waals surface area contributed by atoms with Crippen molar-refractivity contribution in [2.45, 2.75) is 5.16 Å². The summed E-state index contributed by atoms with van der Waals surface area (Å²) in [5.74, 6) is 1.37. The molecule has 3 heterocycles. The van der Waals surface area contributed by atoms with Gasteiger partial charge in [0.2, 0.25) is 5.91 Å². The maximum atomic E-state index is 12.6. The maximum Gasteiger partial charge on any atom is 0.233 e. The first-order valence-corrected chi connectivity index (χ1v) is 10.7. The van der Waals surface area contributed by atoms with Gasteiger partial charge in [0.1, 0.15) is 5.82 Å². The second-order valence-electron chi connectivity index (χ2n) is 6.28. The summed E-state index contributed by atoms with van der Waals surface area (Å²) in [4.78, 5) is 29.6. The van der Waals surface area contributed by atoms with E-state index < -0.39 is 0 Å². The average molecular weight is 459 g/mol. The van der Waals surface area contributed by atoms with Crippen LogP contribution in [0, 0.1) is 0 Å². The van der Waals surface area contributed by atoms with Crippen molar-refractivity contribution >= 4 is 39.4 Å². The molecule has 3 aromatic rings. The zero-order valence-electron chi connectivity index (χ0n) is 15.1. The van der Waals surface area contributed by atoms with Crippen LogP contribution < -0.4 is 4.90 Å². The summed E-state index contributed by atoms with van der Waals surface area (Å²) in [6, 6.07) is 8.02. The average Bonchev–Trinajstić information content (AvgIpc) is 3.22. The van der Waals surface area contributed by atoms with Crippen LogP contribution in [0.15, 0.2) is 64.9 Å². The number of imidazole rings is 1. The van der Waals surface area contributed by atoms with E-state index in [0.717, 1.165) is 34.2 Å². The Morgan fingerprint density at radius 2 is 1.82 bits per heavy atom. The molecule has 0 aliphatic carbocycles. The molecule has 0 unspecified atom stereocenters. The molecule has 144 valence electrons. The van der Waals surface area contributed by atoms with E-state index >= 15 is 0 Å². The molecular formula is C19H19BrN6OS. The molecule has 1 aliphatic heterocycles. The minimum Gasteiger partial charge on any atom is -0.352 e. The highest BCUT2D eigenvalue weighted by molar-refractivity contribution is 9.10. The van der Waals surface area contributed by atoms with Crippen LogP contribution in [0.5, 0.6) is 0 Å². The molecule has 4 rings (SSSR count). The van der Waals surface area contributed by atoms with E-state index in [4.69, 9.17) is 0 Å². The lowest BCUT2D eigenvalue weighted by Gasteiger charge is -2.35. The molecule has 0 spiro atoms. The fourth-order valence-corrected chi connectivity index (χ4v) is 4.19. The molecule has 0 bridgehead atoms. The SMILES string of the molecule is O=C(CSc1nccn1-c1ccc(Br)cc1)N1CCN(c2cnccn2)CC1. The van der Waals surface area contributed by atoms with Gasteiger partial charge in [0.25, 0.3) is 0 Å². The highest BCUT2D eigenvalue weighted by Crippen LogP contribution is 2.22. The number of hydrogen-bond acceptors (Lipinski definition) is 6. The number of rotatable bonds is 5. The lowest BCUT2D eigenvalue weighted by Crippen LogP contribution is -2.49. The summed E-state index contributed by atoms with van der Waals surface area (Å²) in [6.07, 6.45) is 8.79. The first-order chi connectivity index (χ1) is 13.7. The number of piperazine rings is 1. The first kappa shape index (κ1) is 18.9. The number of carbonyl (C=O) groups excluding carboxylic acids is 1. The smallest absolute Gasteiger partial charge is 0.233 e. The van der Waals surface area contributed by atoms with Gasteiger partial charge in [-0.15, -0.1) is 0 Å². The second-order valence-corrected chi connectivity index (χ2v) is 8.13. The predicted molar refractivity (Wildman–Crippen MR) is 113 cm³/mol. The van der Waals surface area contributed by atoms with Crippen LogP contribution in [0.3, 0.4) is 0 Å². The van der Waals surface area contributed by atoms with Crippen LogP contribution in [0.4, 0.5) is 5.82 Å². The van der Waals surface area contributed by atoms with E-state index in [1.54, 1.807) is 24.8 Å². The van der Waals surface area contributed by atoms with Crippen molar-refractivity contribution in [2.24, 2.45) is 0 Å². The third kappa shape index (κ3) is 4.36. The van der Waals surface area contributed by atoms with Gasteiger partial charge in [-0.2, -0.15) is 0 Å². The summed E-state index contributed by atoms with van der Waals surface area (Å²) in [6.45, 7) is 2.92. The molecule has 2 aromatic heterocycles. The van der Waals surface area contributed by atoms with Gasteiger partial charge in [-0.3, -0.25) is 14.3 Å². The van der Waals surface area contributed by atoms with Crippen molar-refractivity contribution in [3.05, 3.63) is 59.7 Å². The lowest BCUT2D eigenvalue weighted by atomic mass is 10.3. The Balaban J connectivity index is 1.32. The standard InChI is InChI=1S/C19H19BrN6OS/c20-15-1-3-16(4-2-15)26-8-7-23-19(26)28-14-18(27)25-11-9-24(10-12-25)17-13-21-5-6-22-17/h1-8,13H,9-12,14H2. The van der Waals surface area contributed by atoms with Gasteiger partial charge < -0.3 is 9.80 Å². The van der Waals surface area contributed by atoms with Gasteiger partial charge in [0, 0.05) is 61.1 Å². The van der Waals surface area contributed by atoms with Crippen LogP contribution in [0.25, 0.3) is 5.69 Å². The second kappa shape index (κ2) is 8.74. The highest BCUT2D eigenvalue weighted by Gasteiger charge is 2.22. The number of amides is 1. The maximum absolute atomic E-state index is 12.6. The number of carbonyl (C=O) groups is 1. The predicted octanol–water partition coefficient (Wildman–Crippen LogP) is 2.87. The fourth-order valence-electron chi connectivity index (χ4n) is 3.05. The minimum atomic E-state index is 0.133. The molecule has 1 fully saturated rings. The highest BCUT2D eigenvalue weighted by atomic mass is 79.9. The van der Waals surface area contributed by atoms with E-state index in [9.17, 15) is 4.79 Å². The van der Waals surface area contributed by atoms with Crippen LogP contribution in [-0.4, -0.2) is 62.3 Å². The largest absolute Gasteiger partial charge is 0.352 e. The van der Waals surface area contributed by atoms with Crippen molar-refractivity contribution in [2.75, 3.05) is 36.8 Å². The summed E-state index contributed by atoms with van der Waals surface area (Å²) in [5.41, 5.74) is 1.02. The van der Waals surface area contributed by atoms with E-state index in [2.05, 4.69) is 35.8 Å². The molecule has 1 aliphatic rings. The van der Waals surface area contributed by atoms with Gasteiger partial charge >= 0.3 is 0 Å². The van der Waals surface area contributed by atoms with Crippen molar-refractivity contribution < 1.29 is 4.79 Å². The minimum absolute atomic E-state index is 0.133. The summed E-state index contributed by atoms with van der Waals surface area (Å²) in [7, 11) is 0. The molecule has 1 aromatic carbocycles. The van der Waals surface area contributed by atoms with E-state index in [1.807, 2.05) is 39.9 Å². The zero-order valence-corrected chi connectivity index (χ0v) is 17.5. The van der Waals surface area contributed by atoms with Crippen molar-refractivity contribution in [1.82, 2.24) is 24.4 Å². The molecule has 28 heavy (non-hydrogen) atoms. The quantitative estimate of drug-likeness (QED) is 0.547. The Bertz CT molecular complexity index is 925. The molecule has 0 saturated carbocycles. The van der Waals surface area contributed by atoms with E-state index in [0.29, 0.717) is 18.8 Å². The summed E-state index contributed by atoms with van der Waals surface area (Å²) in [5, 5.41) is 0.814. The zero-order chi connectivity index (χ0) is 19.3. The summed E-state index contributed by atoms with van der Waals surface area (Å²) < 4.78 is 3.03. The van der Waals surface area contributed by atoms with Gasteiger partial charge in [0.05, 0.1) is 11.9 Å². The Hall–Kier alpha value is -2.39. The van der Waals surface area contributed by atoms with Crippen LogP contribution in [-0.2, 0) is 4.79 Å². The van der Waals surface area contributed by atoms with E-state index in [-0.39, 0.29) is 5.91 Å². The molecule has 0 radical (unpaired) electrons. The van der Waals surface area contributed by atoms with Gasteiger partial charge in [-0.1, -0.05) is 27.7 Å². The number of aromatic nitrogens is 4. The molecule has 1 amide bonds. The molecule has 1 saturated heterocycles. The first-order valence-electron chi connectivity index (χ1n) is 8.91. The third-order valence-corrected chi connectivity index (χ3v) is 6.02. The Labute approximate surface area is 175 Å². The van der Waals surface area contributed by atoms with Crippen molar-refractivity contribution in [3.63, 3.8) is 0 Å². The molecule has 9 heteroatoms. The normalized spacial score (nSPS) is 14.3. The van der Waals surface area contributed by atoms with Crippen LogP contribution >= 0.6 is 27.7 Å². The molecule has 0 atom stereocenters. The van der Waals surface area contributed by atoms with Gasteiger partial charge in [-0.05, 0) is 24.3 Å². The molecule has 0 N–H and O–H groups in total. The number of thioether (sulfide) groups is 1. The number of benzene rings is 1. The Morgan fingerprint density at radius 3 is 2.54 bits per heavy atom. The summed E-state index contributed by atoms with van der Waals surface area (Å²) >= 11 is 4.91. The monoisotopic (exact) mass is 458 g/mol. The number of nitrogens with zero attached hydrogens (tertiary/aromatic N) is 6. The topological polar surface area (TPSA) is 67.2 Å². The molecule has 7 nitrogen and oxygen atoms in total. The van der Waals surface area contributed by atoms with Crippen molar-refractivity contribution in [1.29, 1.82) is 0 Å². The fraction of sp³-hybridized carbons (Fsp3) is 0.263. The lowest BCUT2D eigenvalue weighted by molar-refractivity contribution is -0.128. The van der Waals surface area contributed by atoms with Crippen LogP contribution in [0.1, 0.15) is 0 Å². The Morgan fingerprint density at radius 1 is 1.04 bits per heavy atom. The van der Waals surface area contributed by atoms with Crippen molar-refractivity contribution in [3.8, 4) is 5.69 Å². The van der Waals surface area contributed by atoms with Crippen LogP contribution in [0.2, 0.25) is 0 Å². The third-order valence-electron chi connectivity index (χ3n) is 4.54. The number of anilines is 1. The number of halogens is 1. The van der Waals surface area contributed by atoms with E-state index in [1.165, 1.54) is 11.8 Å². The Kier molecular flexibility index (Phi) is 5.92. The number of hydrogen-bond donors (Lipinski definition) is 0. The van der Waals surface area contributed by atoms with Gasteiger partial charge in [-0.25, -0.2) is 9.97 Å². The van der Waals surface area contributed by atoms with Gasteiger partial charge in [0.15, 0.2) is 5.16 Å². The molecular weight excluding hydrogens is 440 g/mol.